The quantitative estimate of drug-likeness (QED) is 0.547. The number of nitrogens with zero attached hydrogens (tertiary/aromatic N) is 1. The molecule has 1 fully saturated rings. The highest BCUT2D eigenvalue weighted by atomic mass is 35.5. The predicted molar refractivity (Wildman–Crippen MR) is 122 cm³/mol. The molecule has 30 heavy (non-hydrogen) atoms. The normalized spacial score (nSPS) is 16.1. The molecule has 1 heterocycles. The molecule has 0 atom stereocenters. The second-order valence-electron chi connectivity index (χ2n) is 6.10. The summed E-state index contributed by atoms with van der Waals surface area (Å²) in [5.74, 6) is 1.71. The Balaban J connectivity index is 1.82. The van der Waals surface area contributed by atoms with Gasteiger partial charge in [0.1, 0.15) is 5.75 Å². The molecule has 1 aliphatic heterocycles. The van der Waals surface area contributed by atoms with E-state index in [0.717, 1.165) is 11.4 Å². The third-order valence-electron chi connectivity index (χ3n) is 3.98. The summed E-state index contributed by atoms with van der Waals surface area (Å²) in [5, 5.41) is 3.75. The summed E-state index contributed by atoms with van der Waals surface area (Å²) < 4.78 is 16.7. The first kappa shape index (κ1) is 22.1. The molecule has 8 heteroatoms. The Morgan fingerprint density at radius 3 is 2.27 bits per heavy atom. The van der Waals surface area contributed by atoms with Gasteiger partial charge in [-0.15, -0.1) is 0 Å². The van der Waals surface area contributed by atoms with E-state index in [2.05, 4.69) is 10.3 Å². The lowest BCUT2D eigenvalue weighted by Gasteiger charge is -2.12. The fourth-order valence-electron chi connectivity index (χ4n) is 2.72. The highest BCUT2D eigenvalue weighted by Gasteiger charge is 2.24. The van der Waals surface area contributed by atoms with E-state index in [1.165, 1.54) is 11.8 Å². The van der Waals surface area contributed by atoms with Gasteiger partial charge in [0.15, 0.2) is 16.7 Å². The van der Waals surface area contributed by atoms with Gasteiger partial charge in [0.2, 0.25) is 0 Å². The summed E-state index contributed by atoms with van der Waals surface area (Å²) >= 11 is 7.66. The van der Waals surface area contributed by atoms with Crippen molar-refractivity contribution in [2.24, 2.45) is 4.99 Å². The van der Waals surface area contributed by atoms with Gasteiger partial charge in [0.25, 0.3) is 5.91 Å². The molecule has 158 valence electrons. The first-order chi connectivity index (χ1) is 14.5. The van der Waals surface area contributed by atoms with Crippen LogP contribution < -0.4 is 19.5 Å². The molecule has 1 N–H and O–H groups in total. The zero-order chi connectivity index (χ0) is 21.5. The number of hydrogen-bond donors (Lipinski definition) is 1. The molecule has 0 radical (unpaired) electrons. The Kier molecular flexibility index (Phi) is 7.65. The zero-order valence-electron chi connectivity index (χ0n) is 17.0. The third-order valence-corrected chi connectivity index (χ3v) is 5.22. The Labute approximate surface area is 185 Å². The van der Waals surface area contributed by atoms with E-state index in [-0.39, 0.29) is 5.91 Å². The van der Waals surface area contributed by atoms with Crippen LogP contribution in [-0.2, 0) is 4.79 Å². The van der Waals surface area contributed by atoms with Crippen LogP contribution in [0.3, 0.4) is 0 Å². The standard InChI is InChI=1S/C22H23ClN2O4S/c1-4-27-16-9-7-15(8-10-16)24-22-25-21(26)20(30-22)12-14-11-18(28-5-2)19(29-6-3)13-17(14)23/h7-13H,4-6H2,1-3H3,(H,24,25,26)/b20-12+. The highest BCUT2D eigenvalue weighted by Crippen LogP contribution is 2.36. The summed E-state index contributed by atoms with van der Waals surface area (Å²) in [7, 11) is 0. The Bertz CT molecular complexity index is 974. The summed E-state index contributed by atoms with van der Waals surface area (Å²) in [6, 6.07) is 10.8. The number of amides is 1. The van der Waals surface area contributed by atoms with Gasteiger partial charge in [0.05, 0.1) is 35.4 Å². The average Bonchev–Trinajstić information content (AvgIpc) is 3.06. The molecule has 0 aromatic heterocycles. The molecule has 3 rings (SSSR count). The Morgan fingerprint density at radius 2 is 1.63 bits per heavy atom. The van der Waals surface area contributed by atoms with E-state index in [4.69, 9.17) is 25.8 Å². The molecule has 0 unspecified atom stereocenters. The molecular weight excluding hydrogens is 424 g/mol. The summed E-state index contributed by atoms with van der Waals surface area (Å²) in [5.41, 5.74) is 1.39. The second kappa shape index (κ2) is 10.4. The lowest BCUT2D eigenvalue weighted by molar-refractivity contribution is -0.115. The van der Waals surface area contributed by atoms with Crippen LogP contribution in [0.1, 0.15) is 26.3 Å². The number of carbonyl (C=O) groups excluding carboxylic acids is 1. The fourth-order valence-corrected chi connectivity index (χ4v) is 3.76. The minimum absolute atomic E-state index is 0.229. The largest absolute Gasteiger partial charge is 0.494 e. The van der Waals surface area contributed by atoms with E-state index >= 15 is 0 Å². The molecule has 1 amide bonds. The predicted octanol–water partition coefficient (Wildman–Crippen LogP) is 5.43. The average molecular weight is 447 g/mol. The maximum Gasteiger partial charge on any atom is 0.264 e. The number of ether oxygens (including phenoxy) is 3. The Hall–Kier alpha value is -2.64. The lowest BCUT2D eigenvalue weighted by atomic mass is 10.1. The molecular formula is C22H23ClN2O4S. The summed E-state index contributed by atoms with van der Waals surface area (Å²) in [6.45, 7) is 7.32. The van der Waals surface area contributed by atoms with Crippen molar-refractivity contribution in [2.45, 2.75) is 20.8 Å². The van der Waals surface area contributed by atoms with Gasteiger partial charge in [-0.05, 0) is 74.5 Å². The van der Waals surface area contributed by atoms with Crippen LogP contribution in [0.5, 0.6) is 17.2 Å². The van der Waals surface area contributed by atoms with Crippen molar-refractivity contribution < 1.29 is 19.0 Å². The number of benzene rings is 2. The minimum atomic E-state index is -0.229. The maximum atomic E-state index is 12.4. The summed E-state index contributed by atoms with van der Waals surface area (Å²) in [4.78, 5) is 17.4. The molecule has 1 aliphatic rings. The second-order valence-corrected chi connectivity index (χ2v) is 7.53. The van der Waals surface area contributed by atoms with Gasteiger partial charge >= 0.3 is 0 Å². The van der Waals surface area contributed by atoms with Crippen molar-refractivity contribution in [2.75, 3.05) is 19.8 Å². The third kappa shape index (κ3) is 5.49. The van der Waals surface area contributed by atoms with Crippen LogP contribution in [0, 0.1) is 0 Å². The van der Waals surface area contributed by atoms with Gasteiger partial charge in [-0.25, -0.2) is 4.99 Å². The molecule has 0 spiro atoms. The van der Waals surface area contributed by atoms with Crippen molar-refractivity contribution in [3.05, 3.63) is 51.9 Å². The van der Waals surface area contributed by atoms with Gasteiger partial charge in [0, 0.05) is 6.07 Å². The first-order valence-electron chi connectivity index (χ1n) is 9.65. The van der Waals surface area contributed by atoms with E-state index in [0.29, 0.717) is 52.0 Å². The van der Waals surface area contributed by atoms with E-state index < -0.39 is 0 Å². The van der Waals surface area contributed by atoms with Gasteiger partial charge < -0.3 is 19.5 Å². The first-order valence-corrected chi connectivity index (χ1v) is 10.8. The van der Waals surface area contributed by atoms with Gasteiger partial charge in [-0.3, -0.25) is 4.79 Å². The smallest absolute Gasteiger partial charge is 0.264 e. The zero-order valence-corrected chi connectivity index (χ0v) is 18.6. The van der Waals surface area contributed by atoms with Crippen LogP contribution in [-0.4, -0.2) is 30.9 Å². The molecule has 2 aromatic carbocycles. The number of carbonyl (C=O) groups is 1. The number of amidine groups is 1. The number of aliphatic imine (C=N–C) groups is 1. The van der Waals surface area contributed by atoms with Crippen molar-refractivity contribution in [1.29, 1.82) is 0 Å². The van der Waals surface area contributed by atoms with Crippen LogP contribution in [0.15, 0.2) is 46.3 Å². The lowest BCUT2D eigenvalue weighted by Crippen LogP contribution is -2.19. The highest BCUT2D eigenvalue weighted by molar-refractivity contribution is 8.18. The fraction of sp³-hybridized carbons (Fsp3) is 0.273. The monoisotopic (exact) mass is 446 g/mol. The molecule has 0 bridgehead atoms. The summed E-state index contributed by atoms with van der Waals surface area (Å²) in [6.07, 6.45) is 1.72. The minimum Gasteiger partial charge on any atom is -0.494 e. The van der Waals surface area contributed by atoms with Crippen LogP contribution >= 0.6 is 23.4 Å². The van der Waals surface area contributed by atoms with Gasteiger partial charge in [-0.1, -0.05) is 11.6 Å². The number of rotatable bonds is 8. The molecule has 6 nitrogen and oxygen atoms in total. The van der Waals surface area contributed by atoms with Crippen molar-refractivity contribution >= 4 is 46.2 Å². The van der Waals surface area contributed by atoms with E-state index in [9.17, 15) is 4.79 Å². The maximum absolute atomic E-state index is 12.4. The van der Waals surface area contributed by atoms with Crippen LogP contribution in [0.2, 0.25) is 5.02 Å². The van der Waals surface area contributed by atoms with Crippen molar-refractivity contribution in [3.63, 3.8) is 0 Å². The van der Waals surface area contributed by atoms with E-state index in [1.54, 1.807) is 18.2 Å². The van der Waals surface area contributed by atoms with Crippen LogP contribution in [0.25, 0.3) is 6.08 Å². The number of thioether (sulfide) groups is 1. The molecule has 2 aromatic rings. The van der Waals surface area contributed by atoms with Crippen molar-refractivity contribution in [3.8, 4) is 17.2 Å². The molecule has 0 aliphatic carbocycles. The number of nitrogens with one attached hydrogen (secondary N) is 1. The Morgan fingerprint density at radius 1 is 1.00 bits per heavy atom. The SMILES string of the molecule is CCOc1ccc(N=C2NC(=O)/C(=C\c3cc(OCC)c(OCC)cc3Cl)S2)cc1. The topological polar surface area (TPSA) is 69.2 Å². The van der Waals surface area contributed by atoms with E-state index in [1.807, 2.05) is 45.0 Å². The molecule has 1 saturated heterocycles. The van der Waals surface area contributed by atoms with Crippen molar-refractivity contribution in [1.82, 2.24) is 5.32 Å². The number of hydrogen-bond acceptors (Lipinski definition) is 6. The number of halogens is 1. The molecule has 0 saturated carbocycles. The van der Waals surface area contributed by atoms with Crippen LogP contribution in [0.4, 0.5) is 5.69 Å². The van der Waals surface area contributed by atoms with Gasteiger partial charge in [-0.2, -0.15) is 0 Å².